The van der Waals surface area contributed by atoms with Gasteiger partial charge < -0.3 is 10.2 Å². The lowest BCUT2D eigenvalue weighted by Crippen LogP contribution is -3.12. The van der Waals surface area contributed by atoms with Crippen LogP contribution in [0.3, 0.4) is 0 Å². The third-order valence-electron chi connectivity index (χ3n) is 3.90. The highest BCUT2D eigenvalue weighted by Crippen LogP contribution is 2.06. The van der Waals surface area contributed by atoms with E-state index in [1.807, 2.05) is 49.4 Å². The number of anilines is 1. The summed E-state index contributed by atoms with van der Waals surface area (Å²) >= 11 is 0. The second-order valence-electron chi connectivity index (χ2n) is 5.53. The number of carbonyl (C=O) groups excluding carboxylic acids is 1. The van der Waals surface area contributed by atoms with E-state index in [2.05, 4.69) is 31.4 Å². The first kappa shape index (κ1) is 15.3. The predicted octanol–water partition coefficient (Wildman–Crippen LogP) is 2.04. The number of hydrogen-bond donors (Lipinski definition) is 2. The normalized spacial score (nSPS) is 13.5. The molecule has 1 amide bonds. The Bertz CT molecular complexity index is 595. The van der Waals surface area contributed by atoms with Gasteiger partial charge in [0.2, 0.25) is 0 Å². The van der Waals surface area contributed by atoms with Crippen molar-refractivity contribution < 1.29 is 9.69 Å². The van der Waals surface area contributed by atoms with E-state index < -0.39 is 0 Å². The lowest BCUT2D eigenvalue weighted by atomic mass is 10.1. The van der Waals surface area contributed by atoms with Crippen molar-refractivity contribution in [3.05, 3.63) is 65.7 Å². The summed E-state index contributed by atoms with van der Waals surface area (Å²) in [5.74, 6) is 0.0484. The van der Waals surface area contributed by atoms with E-state index in [4.69, 9.17) is 0 Å². The van der Waals surface area contributed by atoms with Crippen molar-refractivity contribution in [1.82, 2.24) is 0 Å². The number of likely N-dealkylation sites (N-methyl/N-ethyl adjacent to an activating group) is 1. The standard InChI is InChI=1S/C18H22N2O/c1-14-9-7-8-10-16(14)13-20(3)15(2)18(21)19-17-11-5-4-6-12-17/h4-12,15H,13H2,1-3H3,(H,19,21)/p+1/t15-/m1/s1. The lowest BCUT2D eigenvalue weighted by molar-refractivity contribution is -0.907. The third-order valence-corrected chi connectivity index (χ3v) is 3.90. The van der Waals surface area contributed by atoms with Crippen molar-refractivity contribution in [2.24, 2.45) is 0 Å². The molecule has 0 saturated heterocycles. The van der Waals surface area contributed by atoms with Gasteiger partial charge in [-0.05, 0) is 31.5 Å². The van der Waals surface area contributed by atoms with Crippen LogP contribution in [0.5, 0.6) is 0 Å². The summed E-state index contributed by atoms with van der Waals surface area (Å²) < 4.78 is 0. The molecule has 2 N–H and O–H groups in total. The Kier molecular flexibility index (Phi) is 5.12. The quantitative estimate of drug-likeness (QED) is 0.865. The summed E-state index contributed by atoms with van der Waals surface area (Å²) in [7, 11) is 2.06. The minimum Gasteiger partial charge on any atom is -0.324 e. The molecule has 1 unspecified atom stereocenters. The highest BCUT2D eigenvalue weighted by molar-refractivity contribution is 5.93. The summed E-state index contributed by atoms with van der Waals surface area (Å²) in [5.41, 5.74) is 3.40. The van der Waals surface area contributed by atoms with Gasteiger partial charge in [0, 0.05) is 11.3 Å². The molecule has 2 aromatic carbocycles. The van der Waals surface area contributed by atoms with Crippen molar-refractivity contribution in [2.45, 2.75) is 26.4 Å². The van der Waals surface area contributed by atoms with Crippen molar-refractivity contribution in [2.75, 3.05) is 12.4 Å². The maximum Gasteiger partial charge on any atom is 0.282 e. The number of quaternary nitrogens is 1. The first-order valence-electron chi connectivity index (χ1n) is 7.30. The number of rotatable bonds is 5. The van der Waals surface area contributed by atoms with E-state index in [-0.39, 0.29) is 11.9 Å². The number of carbonyl (C=O) groups is 1. The molecule has 0 radical (unpaired) electrons. The van der Waals surface area contributed by atoms with Crippen molar-refractivity contribution >= 4 is 11.6 Å². The van der Waals surface area contributed by atoms with Crippen molar-refractivity contribution in [3.63, 3.8) is 0 Å². The zero-order chi connectivity index (χ0) is 15.2. The Balaban J connectivity index is 1.97. The topological polar surface area (TPSA) is 33.5 Å². The fraction of sp³-hybridized carbons (Fsp3) is 0.278. The van der Waals surface area contributed by atoms with E-state index in [1.165, 1.54) is 16.0 Å². The number of nitrogens with one attached hydrogen (secondary N) is 2. The maximum atomic E-state index is 12.3. The highest BCUT2D eigenvalue weighted by atomic mass is 16.2. The maximum absolute atomic E-state index is 12.3. The lowest BCUT2D eigenvalue weighted by Gasteiger charge is -2.22. The predicted molar refractivity (Wildman–Crippen MR) is 86.3 cm³/mol. The van der Waals surface area contributed by atoms with Crippen molar-refractivity contribution in [3.8, 4) is 0 Å². The van der Waals surface area contributed by atoms with Crippen LogP contribution in [0.15, 0.2) is 54.6 Å². The molecule has 0 aliphatic carbocycles. The minimum absolute atomic E-state index is 0.0484. The zero-order valence-corrected chi connectivity index (χ0v) is 12.9. The molecule has 0 bridgehead atoms. The molecule has 0 aliphatic rings. The largest absolute Gasteiger partial charge is 0.324 e. The summed E-state index contributed by atoms with van der Waals surface area (Å²) in [6, 6.07) is 17.8. The molecule has 2 rings (SSSR count). The van der Waals surface area contributed by atoms with Gasteiger partial charge in [0.15, 0.2) is 6.04 Å². The monoisotopic (exact) mass is 283 g/mol. The molecule has 21 heavy (non-hydrogen) atoms. The third kappa shape index (κ3) is 4.17. The summed E-state index contributed by atoms with van der Waals surface area (Å²) in [6.07, 6.45) is 0. The van der Waals surface area contributed by atoms with Gasteiger partial charge in [0.05, 0.1) is 7.05 Å². The molecular weight excluding hydrogens is 260 g/mol. The molecule has 110 valence electrons. The second-order valence-corrected chi connectivity index (χ2v) is 5.53. The van der Waals surface area contributed by atoms with Crippen LogP contribution < -0.4 is 10.2 Å². The number of benzene rings is 2. The first-order valence-corrected chi connectivity index (χ1v) is 7.30. The van der Waals surface area contributed by atoms with Crippen LogP contribution in [0.1, 0.15) is 18.1 Å². The fourth-order valence-corrected chi connectivity index (χ4v) is 2.26. The van der Waals surface area contributed by atoms with Crippen LogP contribution in [0.4, 0.5) is 5.69 Å². The Labute approximate surface area is 126 Å². The Morgan fingerprint density at radius 2 is 1.71 bits per heavy atom. The minimum atomic E-state index is -0.107. The molecule has 0 aliphatic heterocycles. The van der Waals surface area contributed by atoms with Crippen LogP contribution >= 0.6 is 0 Å². The molecule has 0 aromatic heterocycles. The van der Waals surface area contributed by atoms with Crippen LogP contribution in [0.25, 0.3) is 0 Å². The molecular formula is C18H23N2O+. The highest BCUT2D eigenvalue weighted by Gasteiger charge is 2.22. The van der Waals surface area contributed by atoms with Gasteiger partial charge >= 0.3 is 0 Å². The van der Waals surface area contributed by atoms with Crippen LogP contribution in [-0.2, 0) is 11.3 Å². The van der Waals surface area contributed by atoms with Gasteiger partial charge in [-0.2, -0.15) is 0 Å². The van der Waals surface area contributed by atoms with Gasteiger partial charge in [0.1, 0.15) is 6.54 Å². The summed E-state index contributed by atoms with van der Waals surface area (Å²) in [6.45, 7) is 4.92. The Morgan fingerprint density at radius 3 is 2.38 bits per heavy atom. The van der Waals surface area contributed by atoms with E-state index in [1.54, 1.807) is 0 Å². The van der Waals surface area contributed by atoms with Gasteiger partial charge in [-0.25, -0.2) is 0 Å². The summed E-state index contributed by atoms with van der Waals surface area (Å²) in [4.78, 5) is 13.5. The second kappa shape index (κ2) is 7.04. The van der Waals surface area contributed by atoms with Crippen molar-refractivity contribution in [1.29, 1.82) is 0 Å². The molecule has 2 aromatic rings. The average Bonchev–Trinajstić information content (AvgIpc) is 2.49. The van der Waals surface area contributed by atoms with Gasteiger partial charge in [-0.1, -0.05) is 42.5 Å². The van der Waals surface area contributed by atoms with E-state index in [0.29, 0.717) is 0 Å². The van der Waals surface area contributed by atoms with E-state index in [0.717, 1.165) is 12.2 Å². The van der Waals surface area contributed by atoms with E-state index >= 15 is 0 Å². The molecule has 3 nitrogen and oxygen atoms in total. The number of para-hydroxylation sites is 1. The zero-order valence-electron chi connectivity index (χ0n) is 12.9. The fourth-order valence-electron chi connectivity index (χ4n) is 2.26. The van der Waals surface area contributed by atoms with Crippen LogP contribution in [0.2, 0.25) is 0 Å². The molecule has 0 fully saturated rings. The first-order chi connectivity index (χ1) is 10.1. The number of hydrogen-bond acceptors (Lipinski definition) is 1. The molecule has 0 heterocycles. The summed E-state index contributed by atoms with van der Waals surface area (Å²) in [5, 5.41) is 2.96. The van der Waals surface area contributed by atoms with E-state index in [9.17, 15) is 4.79 Å². The van der Waals surface area contributed by atoms with Crippen LogP contribution in [-0.4, -0.2) is 19.0 Å². The van der Waals surface area contributed by atoms with Gasteiger partial charge in [-0.15, -0.1) is 0 Å². The smallest absolute Gasteiger partial charge is 0.282 e. The number of amides is 1. The van der Waals surface area contributed by atoms with Gasteiger partial charge in [-0.3, -0.25) is 4.79 Å². The molecule has 0 spiro atoms. The Morgan fingerprint density at radius 1 is 1.10 bits per heavy atom. The molecule has 0 saturated carbocycles. The SMILES string of the molecule is Cc1ccccc1C[NH+](C)[C@H](C)C(=O)Nc1ccccc1. The molecule has 2 atom stereocenters. The molecule has 3 heteroatoms. The van der Waals surface area contributed by atoms with Gasteiger partial charge in [0.25, 0.3) is 5.91 Å². The van der Waals surface area contributed by atoms with Crippen LogP contribution in [0, 0.1) is 6.92 Å². The number of aryl methyl sites for hydroxylation is 1. The average molecular weight is 283 g/mol. The Hall–Kier alpha value is -2.13.